The van der Waals surface area contributed by atoms with Crippen molar-refractivity contribution >= 4 is 33.7 Å². The molecule has 0 bridgehead atoms. The maximum atomic E-state index is 13.6. The molecule has 0 amide bonds. The molecule has 3 aromatic rings. The van der Waals surface area contributed by atoms with Crippen molar-refractivity contribution in [3.8, 4) is 0 Å². The summed E-state index contributed by atoms with van der Waals surface area (Å²) < 4.78 is 20.4. The van der Waals surface area contributed by atoms with Gasteiger partial charge in [0.25, 0.3) is 0 Å². The summed E-state index contributed by atoms with van der Waals surface area (Å²) in [6, 6.07) is 4.32. The minimum Gasteiger partial charge on any atom is -0.464 e. The molecule has 0 radical (unpaired) electrons. The van der Waals surface area contributed by atoms with E-state index in [1.807, 2.05) is 6.92 Å². The molecule has 6 nitrogen and oxygen atoms in total. The predicted octanol–water partition coefficient (Wildman–Crippen LogP) is 2.65. The fourth-order valence-corrected chi connectivity index (χ4v) is 2.57. The lowest BCUT2D eigenvalue weighted by Gasteiger charge is -2.07. The smallest absolute Gasteiger partial charge is 0.326 e. The molecule has 1 aromatic carbocycles. The molecule has 2 N–H and O–H groups in total. The minimum absolute atomic E-state index is 0.0520. The molecule has 0 aliphatic heterocycles. The summed E-state index contributed by atoms with van der Waals surface area (Å²) in [6.07, 6.45) is 3.08. The van der Waals surface area contributed by atoms with Crippen molar-refractivity contribution in [2.24, 2.45) is 0 Å². The zero-order valence-electron chi connectivity index (χ0n) is 12.8. The molecule has 0 atom stereocenters. The lowest BCUT2D eigenvalue weighted by molar-refractivity contribution is -0.144. The molecule has 23 heavy (non-hydrogen) atoms. The Balaban J connectivity index is 2.08. The first-order chi connectivity index (χ1) is 11.1. The van der Waals surface area contributed by atoms with Crippen LogP contribution in [-0.4, -0.2) is 27.1 Å². The van der Waals surface area contributed by atoms with Crippen molar-refractivity contribution in [2.45, 2.75) is 26.3 Å². The molecule has 0 aliphatic carbocycles. The molecule has 7 heteroatoms. The van der Waals surface area contributed by atoms with Crippen molar-refractivity contribution in [2.75, 3.05) is 12.3 Å². The molecule has 0 aliphatic rings. The van der Waals surface area contributed by atoms with Crippen molar-refractivity contribution in [1.29, 1.82) is 0 Å². The molecule has 0 saturated carbocycles. The van der Waals surface area contributed by atoms with Crippen LogP contribution in [-0.2, 0) is 16.1 Å². The molecular weight excluding hydrogens is 299 g/mol. The standard InChI is InChI=1S/C16H17FN4O2/c1-2-3-6-23-13(22)8-21-12-7-10(17)4-5-11(12)14-15(18)19-9-20-16(14)21/h4-5,7,9H,2-3,6,8H2,1H3,(H2,18,19,20). The fraction of sp³-hybridized carbons (Fsp3) is 0.312. The Labute approximate surface area is 132 Å². The van der Waals surface area contributed by atoms with Crippen LogP contribution in [0.1, 0.15) is 19.8 Å². The number of nitrogens with zero attached hydrogens (tertiary/aromatic N) is 3. The highest BCUT2D eigenvalue weighted by Crippen LogP contribution is 2.31. The Bertz CT molecular complexity index is 875. The van der Waals surface area contributed by atoms with Gasteiger partial charge in [0.2, 0.25) is 0 Å². The number of carbonyl (C=O) groups is 1. The van der Waals surface area contributed by atoms with Gasteiger partial charge in [-0.1, -0.05) is 13.3 Å². The topological polar surface area (TPSA) is 83.0 Å². The van der Waals surface area contributed by atoms with Crippen LogP contribution >= 0.6 is 0 Å². The van der Waals surface area contributed by atoms with Gasteiger partial charge in [0.1, 0.15) is 30.2 Å². The van der Waals surface area contributed by atoms with E-state index in [9.17, 15) is 9.18 Å². The third-order valence-corrected chi connectivity index (χ3v) is 3.68. The van der Waals surface area contributed by atoms with Crippen molar-refractivity contribution in [1.82, 2.24) is 14.5 Å². The van der Waals surface area contributed by atoms with Gasteiger partial charge >= 0.3 is 5.97 Å². The second kappa shape index (κ2) is 6.20. The number of ether oxygens (including phenoxy) is 1. The summed E-state index contributed by atoms with van der Waals surface area (Å²) in [7, 11) is 0. The van der Waals surface area contributed by atoms with Crippen LogP contribution in [0, 0.1) is 5.82 Å². The maximum Gasteiger partial charge on any atom is 0.326 e. The lowest BCUT2D eigenvalue weighted by atomic mass is 10.2. The fourth-order valence-electron chi connectivity index (χ4n) is 2.57. The molecule has 3 rings (SSSR count). The third kappa shape index (κ3) is 2.81. The van der Waals surface area contributed by atoms with E-state index in [0.29, 0.717) is 34.4 Å². The van der Waals surface area contributed by atoms with Gasteiger partial charge in [-0.15, -0.1) is 0 Å². The maximum absolute atomic E-state index is 13.6. The first-order valence-corrected chi connectivity index (χ1v) is 7.45. The van der Waals surface area contributed by atoms with E-state index in [1.165, 1.54) is 18.5 Å². The van der Waals surface area contributed by atoms with E-state index in [-0.39, 0.29) is 6.54 Å². The number of carbonyl (C=O) groups excluding carboxylic acids is 1. The number of halogens is 1. The Morgan fingerprint density at radius 1 is 1.39 bits per heavy atom. The molecule has 0 unspecified atom stereocenters. The second-order valence-corrected chi connectivity index (χ2v) is 5.28. The quantitative estimate of drug-likeness (QED) is 0.578. The summed E-state index contributed by atoms with van der Waals surface area (Å²) in [6.45, 7) is 2.34. The SMILES string of the molecule is CCCCOC(=O)Cn1c2cc(F)ccc2c2c(N)ncnc21. The molecule has 2 heterocycles. The highest BCUT2D eigenvalue weighted by atomic mass is 19.1. The van der Waals surface area contributed by atoms with Crippen molar-refractivity contribution in [3.05, 3.63) is 30.3 Å². The summed E-state index contributed by atoms with van der Waals surface area (Å²) >= 11 is 0. The number of benzene rings is 1. The van der Waals surface area contributed by atoms with Crippen LogP contribution in [0.3, 0.4) is 0 Å². The normalized spacial score (nSPS) is 11.2. The van der Waals surface area contributed by atoms with Gasteiger partial charge in [0, 0.05) is 5.39 Å². The van der Waals surface area contributed by atoms with Gasteiger partial charge in [-0.3, -0.25) is 4.79 Å². The molecular formula is C16H17FN4O2. The van der Waals surface area contributed by atoms with Gasteiger partial charge < -0.3 is 15.0 Å². The van der Waals surface area contributed by atoms with Gasteiger partial charge in [-0.25, -0.2) is 14.4 Å². The number of anilines is 1. The zero-order chi connectivity index (χ0) is 16.4. The van der Waals surface area contributed by atoms with Crippen LogP contribution < -0.4 is 5.73 Å². The summed E-state index contributed by atoms with van der Waals surface area (Å²) in [5.74, 6) is -0.490. The van der Waals surface area contributed by atoms with E-state index < -0.39 is 11.8 Å². The van der Waals surface area contributed by atoms with Gasteiger partial charge in [-0.05, 0) is 24.6 Å². The highest BCUT2D eigenvalue weighted by molar-refractivity contribution is 6.11. The van der Waals surface area contributed by atoms with E-state index in [0.717, 1.165) is 12.8 Å². The van der Waals surface area contributed by atoms with E-state index in [4.69, 9.17) is 10.5 Å². The monoisotopic (exact) mass is 316 g/mol. The number of hydrogen-bond donors (Lipinski definition) is 1. The first-order valence-electron chi connectivity index (χ1n) is 7.45. The predicted molar refractivity (Wildman–Crippen MR) is 85.3 cm³/mol. The van der Waals surface area contributed by atoms with Crippen LogP contribution in [0.4, 0.5) is 10.2 Å². The largest absolute Gasteiger partial charge is 0.464 e. The van der Waals surface area contributed by atoms with Crippen LogP contribution in [0.15, 0.2) is 24.5 Å². The molecule has 0 spiro atoms. The first kappa shape index (κ1) is 15.2. The van der Waals surface area contributed by atoms with Crippen LogP contribution in [0.25, 0.3) is 21.9 Å². The summed E-state index contributed by atoms with van der Waals surface area (Å²) in [5.41, 5.74) is 6.96. The summed E-state index contributed by atoms with van der Waals surface area (Å²) in [5, 5.41) is 1.32. The number of nitrogens with two attached hydrogens (primary N) is 1. The molecule has 2 aromatic heterocycles. The zero-order valence-corrected chi connectivity index (χ0v) is 12.8. The number of hydrogen-bond acceptors (Lipinski definition) is 5. The lowest BCUT2D eigenvalue weighted by Crippen LogP contribution is -2.14. The van der Waals surface area contributed by atoms with E-state index in [1.54, 1.807) is 10.6 Å². The van der Waals surface area contributed by atoms with Gasteiger partial charge in [0.15, 0.2) is 0 Å². The Kier molecular flexibility index (Phi) is 4.10. The molecule has 120 valence electrons. The average Bonchev–Trinajstić information content (AvgIpc) is 2.82. The van der Waals surface area contributed by atoms with Gasteiger partial charge in [0.05, 0.1) is 17.5 Å². The number of nitrogen functional groups attached to an aromatic ring is 1. The van der Waals surface area contributed by atoms with E-state index in [2.05, 4.69) is 9.97 Å². The third-order valence-electron chi connectivity index (χ3n) is 3.68. The Morgan fingerprint density at radius 3 is 3.00 bits per heavy atom. The Hall–Kier alpha value is -2.70. The van der Waals surface area contributed by atoms with Crippen molar-refractivity contribution < 1.29 is 13.9 Å². The summed E-state index contributed by atoms with van der Waals surface area (Å²) in [4.78, 5) is 20.2. The van der Waals surface area contributed by atoms with Crippen molar-refractivity contribution in [3.63, 3.8) is 0 Å². The average molecular weight is 316 g/mol. The number of fused-ring (bicyclic) bond motifs is 3. The number of unbranched alkanes of at least 4 members (excludes halogenated alkanes) is 1. The number of esters is 1. The molecule has 0 saturated heterocycles. The molecule has 0 fully saturated rings. The highest BCUT2D eigenvalue weighted by Gasteiger charge is 2.17. The van der Waals surface area contributed by atoms with Gasteiger partial charge in [-0.2, -0.15) is 0 Å². The van der Waals surface area contributed by atoms with Crippen LogP contribution in [0.2, 0.25) is 0 Å². The minimum atomic E-state index is -0.396. The van der Waals surface area contributed by atoms with E-state index >= 15 is 0 Å². The van der Waals surface area contributed by atoms with Crippen LogP contribution in [0.5, 0.6) is 0 Å². The number of rotatable bonds is 5. The Morgan fingerprint density at radius 2 is 2.22 bits per heavy atom. The number of aromatic nitrogens is 3. The second-order valence-electron chi connectivity index (χ2n) is 5.28.